The summed E-state index contributed by atoms with van der Waals surface area (Å²) in [4.78, 5) is 97.2. The summed E-state index contributed by atoms with van der Waals surface area (Å²) in [5.41, 5.74) is 0.761. The average molecular weight is 751 g/mol. The SMILES string of the molecule is COC(=O)C1=C(C(=O)OC)SC2(S1)C(C(=O)OC)=C(C(=O)OC)SC1=C2c2cc(C)ccc2N(C(=O)CN2C(=O)c3ccccc3C2=O)C1(C)C. The summed E-state index contributed by atoms with van der Waals surface area (Å²) in [6.07, 6.45) is 0. The van der Waals surface area contributed by atoms with E-state index in [2.05, 4.69) is 0 Å². The summed E-state index contributed by atoms with van der Waals surface area (Å²) in [6, 6.07) is 11.6. The highest BCUT2D eigenvalue weighted by atomic mass is 32.2. The van der Waals surface area contributed by atoms with Crippen molar-refractivity contribution < 1.29 is 52.5 Å². The molecule has 0 radical (unpaired) electrons. The van der Waals surface area contributed by atoms with Crippen LogP contribution in [0.5, 0.6) is 0 Å². The van der Waals surface area contributed by atoms with Crippen LogP contribution in [-0.4, -0.2) is 91.1 Å². The standard InChI is InChI=1S/C35H30N2O11S3/c1-16-12-13-20-19(14-16)22-27(34(2,3)37(20)21(38)15-36-28(39)17-10-8-9-11-18(17)29(36)40)49-24(31(42)46-5)23(30(41)45-4)35(22)50-25(32(43)47-6)26(51-35)33(44)48-7/h8-14H,15H2,1-7H3. The summed E-state index contributed by atoms with van der Waals surface area (Å²) in [5, 5.41) is 0. The third kappa shape index (κ3) is 5.38. The van der Waals surface area contributed by atoms with Crippen molar-refractivity contribution in [2.75, 3.05) is 39.9 Å². The van der Waals surface area contributed by atoms with Gasteiger partial charge in [0.05, 0.1) is 56.4 Å². The molecule has 0 atom stereocenters. The number of amides is 3. The fourth-order valence-electron chi connectivity index (χ4n) is 6.47. The molecule has 0 N–H and O–H groups in total. The Balaban J connectivity index is 1.59. The Hall–Kier alpha value is -4.80. The molecule has 0 fully saturated rings. The van der Waals surface area contributed by atoms with Gasteiger partial charge < -0.3 is 23.8 Å². The molecule has 0 saturated heterocycles. The molecule has 4 heterocycles. The minimum absolute atomic E-state index is 0.171. The number of nitrogens with zero attached hydrogens (tertiary/aromatic N) is 2. The smallest absolute Gasteiger partial charge is 0.345 e. The largest absolute Gasteiger partial charge is 0.466 e. The topological polar surface area (TPSA) is 163 Å². The van der Waals surface area contributed by atoms with Gasteiger partial charge in [-0.05, 0) is 45.0 Å². The number of benzene rings is 2. The Labute approximate surface area is 304 Å². The molecular weight excluding hydrogens is 721 g/mol. The van der Waals surface area contributed by atoms with Gasteiger partial charge in [0, 0.05) is 16.0 Å². The maximum atomic E-state index is 14.5. The molecule has 264 valence electrons. The predicted octanol–water partition coefficient (Wildman–Crippen LogP) is 4.21. The van der Waals surface area contributed by atoms with Crippen molar-refractivity contribution in [1.29, 1.82) is 0 Å². The van der Waals surface area contributed by atoms with Crippen LogP contribution in [0, 0.1) is 6.92 Å². The Morgan fingerprint density at radius 1 is 0.706 bits per heavy atom. The van der Waals surface area contributed by atoms with Crippen molar-refractivity contribution in [3.05, 3.63) is 89.9 Å². The molecule has 13 nitrogen and oxygen atoms in total. The fourth-order valence-corrected chi connectivity index (χ4v) is 11.5. The molecule has 2 aromatic carbocycles. The molecule has 2 aromatic rings. The van der Waals surface area contributed by atoms with Gasteiger partial charge in [0.2, 0.25) is 5.91 Å². The van der Waals surface area contributed by atoms with E-state index in [1.165, 1.54) is 17.0 Å². The van der Waals surface area contributed by atoms with Crippen LogP contribution in [0.25, 0.3) is 5.57 Å². The molecule has 0 bridgehead atoms. The summed E-state index contributed by atoms with van der Waals surface area (Å²) < 4.78 is 18.7. The number of carbonyl (C=O) groups excluding carboxylic acids is 7. The van der Waals surface area contributed by atoms with Crippen molar-refractivity contribution in [2.45, 2.75) is 30.4 Å². The first-order valence-electron chi connectivity index (χ1n) is 15.2. The lowest BCUT2D eigenvalue weighted by Crippen LogP contribution is -2.56. The van der Waals surface area contributed by atoms with Crippen molar-refractivity contribution >= 4 is 88.1 Å². The van der Waals surface area contributed by atoms with Gasteiger partial charge in [-0.15, -0.1) is 0 Å². The summed E-state index contributed by atoms with van der Waals surface area (Å²) in [7, 11) is 4.55. The van der Waals surface area contributed by atoms with Gasteiger partial charge in [-0.3, -0.25) is 19.3 Å². The molecule has 6 rings (SSSR count). The van der Waals surface area contributed by atoms with E-state index < -0.39 is 57.8 Å². The molecule has 1 spiro atoms. The number of hydrogen-bond donors (Lipinski definition) is 0. The number of anilines is 1. The molecule has 51 heavy (non-hydrogen) atoms. The number of fused-ring (bicyclic) bond motifs is 4. The van der Waals surface area contributed by atoms with E-state index in [0.29, 0.717) is 21.7 Å². The first-order chi connectivity index (χ1) is 24.2. The van der Waals surface area contributed by atoms with E-state index in [4.69, 9.17) is 18.9 Å². The second kappa shape index (κ2) is 13.1. The fraction of sp³-hybridized carbons (Fsp3) is 0.286. The zero-order chi connectivity index (χ0) is 37.2. The lowest BCUT2D eigenvalue weighted by Gasteiger charge is -2.51. The van der Waals surface area contributed by atoms with Crippen molar-refractivity contribution in [3.63, 3.8) is 0 Å². The second-order valence-corrected chi connectivity index (χ2v) is 15.7. The van der Waals surface area contributed by atoms with Gasteiger partial charge in [0.1, 0.15) is 25.3 Å². The van der Waals surface area contributed by atoms with Gasteiger partial charge in [0.15, 0.2) is 0 Å². The zero-order valence-electron chi connectivity index (χ0n) is 28.4. The molecule has 4 aliphatic rings. The second-order valence-electron chi connectivity index (χ2n) is 12.0. The van der Waals surface area contributed by atoms with Gasteiger partial charge in [0.25, 0.3) is 11.8 Å². The number of ether oxygens (including phenoxy) is 4. The number of aryl methyl sites for hydroxylation is 1. The van der Waals surface area contributed by atoms with E-state index in [1.54, 1.807) is 44.2 Å². The maximum absolute atomic E-state index is 14.5. The molecule has 0 aliphatic carbocycles. The Morgan fingerprint density at radius 3 is 1.73 bits per heavy atom. The van der Waals surface area contributed by atoms with Gasteiger partial charge in [-0.25, -0.2) is 19.2 Å². The zero-order valence-corrected chi connectivity index (χ0v) is 30.8. The third-order valence-corrected chi connectivity index (χ3v) is 13.4. The van der Waals surface area contributed by atoms with Crippen LogP contribution in [0.4, 0.5) is 5.69 Å². The predicted molar refractivity (Wildman–Crippen MR) is 189 cm³/mol. The quantitative estimate of drug-likeness (QED) is 0.234. The average Bonchev–Trinajstić information content (AvgIpc) is 3.62. The first kappa shape index (κ1) is 36.0. The number of hydrogen-bond acceptors (Lipinski definition) is 14. The molecule has 0 saturated carbocycles. The molecule has 4 aliphatic heterocycles. The lowest BCUT2D eigenvalue weighted by molar-refractivity contribution is -0.138. The minimum atomic E-state index is -1.75. The van der Waals surface area contributed by atoms with Gasteiger partial charge in [-0.2, -0.15) is 0 Å². The lowest BCUT2D eigenvalue weighted by atomic mass is 9.83. The normalized spacial score (nSPS) is 18.4. The van der Waals surface area contributed by atoms with Crippen LogP contribution in [0.3, 0.4) is 0 Å². The Kier molecular flexibility index (Phi) is 9.23. The monoisotopic (exact) mass is 750 g/mol. The minimum Gasteiger partial charge on any atom is -0.466 e. The van der Waals surface area contributed by atoms with Gasteiger partial charge in [-0.1, -0.05) is 59.0 Å². The summed E-state index contributed by atoms with van der Waals surface area (Å²) in [5.74, 6) is -5.43. The maximum Gasteiger partial charge on any atom is 0.345 e. The summed E-state index contributed by atoms with van der Waals surface area (Å²) >= 11 is 2.52. The van der Waals surface area contributed by atoms with E-state index in [9.17, 15) is 33.6 Å². The highest BCUT2D eigenvalue weighted by Crippen LogP contribution is 2.71. The van der Waals surface area contributed by atoms with Crippen molar-refractivity contribution in [2.24, 2.45) is 0 Å². The van der Waals surface area contributed by atoms with Crippen LogP contribution < -0.4 is 4.90 Å². The first-order valence-corrected chi connectivity index (χ1v) is 17.7. The number of rotatable bonds is 6. The van der Waals surface area contributed by atoms with E-state index >= 15 is 0 Å². The van der Waals surface area contributed by atoms with Crippen LogP contribution >= 0.6 is 35.3 Å². The number of methoxy groups -OCH3 is 4. The van der Waals surface area contributed by atoms with Crippen LogP contribution in [0.1, 0.15) is 45.7 Å². The summed E-state index contributed by atoms with van der Waals surface area (Å²) in [6.45, 7) is 4.64. The van der Waals surface area contributed by atoms with E-state index in [0.717, 1.165) is 74.2 Å². The van der Waals surface area contributed by atoms with Crippen molar-refractivity contribution in [1.82, 2.24) is 4.90 Å². The molecule has 3 amide bonds. The Bertz CT molecular complexity index is 2040. The van der Waals surface area contributed by atoms with Crippen molar-refractivity contribution in [3.8, 4) is 0 Å². The third-order valence-electron chi connectivity index (χ3n) is 8.71. The van der Waals surface area contributed by atoms with Gasteiger partial charge >= 0.3 is 23.9 Å². The highest BCUT2D eigenvalue weighted by Gasteiger charge is 2.62. The number of carbonyl (C=O) groups is 7. The van der Waals surface area contributed by atoms with Crippen LogP contribution in [0.15, 0.2) is 67.7 Å². The Morgan fingerprint density at radius 2 is 1.22 bits per heavy atom. The molecule has 0 unspecified atom stereocenters. The van der Waals surface area contributed by atoms with Crippen LogP contribution in [-0.2, 0) is 42.9 Å². The molecular formula is C35H30N2O11S3. The van der Waals surface area contributed by atoms with Crippen LogP contribution in [0.2, 0.25) is 0 Å². The van der Waals surface area contributed by atoms with E-state index in [-0.39, 0.29) is 31.4 Å². The molecule has 16 heteroatoms. The number of esters is 4. The number of thioether (sulfide) groups is 3. The van der Waals surface area contributed by atoms with E-state index in [1.807, 2.05) is 6.92 Å². The molecule has 0 aromatic heterocycles. The number of imide groups is 1. The highest BCUT2D eigenvalue weighted by molar-refractivity contribution is 8.26.